The molecule has 1 fully saturated rings. The number of ether oxygens (including phenoxy) is 2. The van der Waals surface area contributed by atoms with Gasteiger partial charge < -0.3 is 19.2 Å². The fraction of sp³-hybridized carbons (Fsp3) is 0.556. The molecule has 11 heteroatoms. The quantitative estimate of drug-likeness (QED) is 0.524. The van der Waals surface area contributed by atoms with E-state index in [1.165, 1.54) is 24.7 Å². The predicted octanol–water partition coefficient (Wildman–Crippen LogP) is 0.815. The Morgan fingerprint density at radius 2 is 2.03 bits per heavy atom. The third-order valence-corrected chi connectivity index (χ3v) is 4.33. The van der Waals surface area contributed by atoms with Crippen molar-refractivity contribution in [2.45, 2.75) is 52.4 Å². The van der Waals surface area contributed by atoms with Gasteiger partial charge in [0.15, 0.2) is 0 Å². The number of hydrogen-bond acceptors (Lipinski definition) is 9. The monoisotopic (exact) mass is 405 g/mol. The van der Waals surface area contributed by atoms with Gasteiger partial charge in [0.2, 0.25) is 17.9 Å². The van der Waals surface area contributed by atoms with Crippen molar-refractivity contribution < 1.29 is 23.5 Å². The Kier molecular flexibility index (Phi) is 5.40. The number of nitrogens with zero attached hydrogens (tertiary/aromatic N) is 4. The minimum absolute atomic E-state index is 0.0676. The molecule has 1 saturated carbocycles. The normalized spacial score (nSPS) is 14.9. The number of carbonyl (C=O) groups is 2. The van der Waals surface area contributed by atoms with Gasteiger partial charge in [-0.05, 0) is 26.7 Å². The van der Waals surface area contributed by atoms with E-state index in [0.717, 1.165) is 12.8 Å². The van der Waals surface area contributed by atoms with Crippen LogP contribution in [0.4, 0.5) is 0 Å². The number of aromatic nitrogens is 4. The van der Waals surface area contributed by atoms with Crippen molar-refractivity contribution >= 4 is 11.9 Å². The lowest BCUT2D eigenvalue weighted by Gasteiger charge is -2.27. The Morgan fingerprint density at radius 3 is 2.62 bits per heavy atom. The van der Waals surface area contributed by atoms with Gasteiger partial charge in [-0.3, -0.25) is 19.0 Å². The van der Waals surface area contributed by atoms with Crippen LogP contribution in [-0.4, -0.2) is 37.9 Å². The highest BCUT2D eigenvalue weighted by molar-refractivity contribution is 5.89. The van der Waals surface area contributed by atoms with E-state index in [2.05, 4.69) is 20.5 Å². The van der Waals surface area contributed by atoms with Gasteiger partial charge in [-0.2, -0.15) is 0 Å². The van der Waals surface area contributed by atoms with Gasteiger partial charge in [0.25, 0.3) is 5.56 Å². The van der Waals surface area contributed by atoms with E-state index in [4.69, 9.17) is 13.9 Å². The van der Waals surface area contributed by atoms with Crippen LogP contribution in [-0.2, 0) is 22.1 Å². The zero-order valence-corrected chi connectivity index (χ0v) is 16.9. The second kappa shape index (κ2) is 7.64. The minimum Gasteiger partial charge on any atom is -0.448 e. The van der Waals surface area contributed by atoms with Crippen molar-refractivity contribution in [3.8, 4) is 5.75 Å². The summed E-state index contributed by atoms with van der Waals surface area (Å²) in [5.41, 5.74) is -1.52. The van der Waals surface area contributed by atoms with E-state index >= 15 is 0 Å². The van der Waals surface area contributed by atoms with E-state index in [9.17, 15) is 14.4 Å². The molecule has 0 aromatic carbocycles. The minimum atomic E-state index is -1.03. The van der Waals surface area contributed by atoms with Crippen LogP contribution >= 0.6 is 0 Å². The Hall–Kier alpha value is -3.24. The molecule has 1 atom stereocenters. The zero-order valence-electron chi connectivity index (χ0n) is 16.9. The maximum atomic E-state index is 12.7. The van der Waals surface area contributed by atoms with Crippen LogP contribution in [0.5, 0.6) is 5.75 Å². The predicted molar refractivity (Wildman–Crippen MR) is 97.9 cm³/mol. The molecule has 0 aliphatic heterocycles. The number of nitrogens with one attached hydrogen (secondary N) is 1. The SMILES string of the molecule is Cc1nnc(C(=O)NC(C)(C)c2ncc(OC(C)OC(=O)C3CC3)c(=O)n2C)o1. The largest absolute Gasteiger partial charge is 0.448 e. The third kappa shape index (κ3) is 4.61. The average Bonchev–Trinajstić information content (AvgIpc) is 3.39. The molecule has 0 bridgehead atoms. The van der Waals surface area contributed by atoms with Gasteiger partial charge >= 0.3 is 17.8 Å². The lowest BCUT2D eigenvalue weighted by molar-refractivity contribution is -0.163. The fourth-order valence-electron chi connectivity index (χ4n) is 2.75. The van der Waals surface area contributed by atoms with E-state index in [1.807, 2.05) is 0 Å². The van der Waals surface area contributed by atoms with Crippen molar-refractivity contribution in [2.75, 3.05) is 0 Å². The van der Waals surface area contributed by atoms with Crippen LogP contribution in [0, 0.1) is 12.8 Å². The van der Waals surface area contributed by atoms with Gasteiger partial charge in [-0.15, -0.1) is 10.2 Å². The summed E-state index contributed by atoms with van der Waals surface area (Å²) in [7, 11) is 1.50. The molecule has 1 aliphatic rings. The Balaban J connectivity index is 1.74. The smallest absolute Gasteiger partial charge is 0.311 e. The highest BCUT2D eigenvalue weighted by Gasteiger charge is 2.33. The molecule has 3 rings (SSSR count). The molecular formula is C18H23N5O6. The van der Waals surface area contributed by atoms with Crippen LogP contribution in [0.1, 0.15) is 56.0 Å². The zero-order chi connectivity index (χ0) is 21.3. The van der Waals surface area contributed by atoms with Crippen LogP contribution in [0.2, 0.25) is 0 Å². The molecule has 0 radical (unpaired) electrons. The van der Waals surface area contributed by atoms with E-state index < -0.39 is 23.3 Å². The summed E-state index contributed by atoms with van der Waals surface area (Å²) >= 11 is 0. The second-order valence-corrected chi connectivity index (χ2v) is 7.41. The Morgan fingerprint density at radius 1 is 1.34 bits per heavy atom. The fourth-order valence-corrected chi connectivity index (χ4v) is 2.75. The molecule has 0 spiro atoms. The summed E-state index contributed by atoms with van der Waals surface area (Å²) in [6.07, 6.45) is 1.95. The summed E-state index contributed by atoms with van der Waals surface area (Å²) < 4.78 is 17.0. The van der Waals surface area contributed by atoms with Crippen molar-refractivity contribution in [1.29, 1.82) is 0 Å². The topological polar surface area (TPSA) is 138 Å². The molecule has 29 heavy (non-hydrogen) atoms. The molecule has 2 aromatic rings. The van der Waals surface area contributed by atoms with Crippen LogP contribution < -0.4 is 15.6 Å². The summed E-state index contributed by atoms with van der Waals surface area (Å²) in [6.45, 7) is 6.46. The first kappa shape index (κ1) is 20.5. The maximum Gasteiger partial charge on any atom is 0.311 e. The second-order valence-electron chi connectivity index (χ2n) is 7.41. The van der Waals surface area contributed by atoms with E-state index in [1.54, 1.807) is 20.8 Å². The third-order valence-electron chi connectivity index (χ3n) is 4.33. The number of hydrogen-bond donors (Lipinski definition) is 1. The molecule has 1 amide bonds. The Labute approximate surface area is 166 Å². The van der Waals surface area contributed by atoms with Crippen molar-refractivity contribution in [1.82, 2.24) is 25.1 Å². The summed E-state index contributed by atoms with van der Waals surface area (Å²) in [5.74, 6) is -0.714. The molecule has 2 aromatic heterocycles. The van der Waals surface area contributed by atoms with Crippen molar-refractivity contribution in [3.05, 3.63) is 34.2 Å². The van der Waals surface area contributed by atoms with Crippen molar-refractivity contribution in [3.63, 3.8) is 0 Å². The van der Waals surface area contributed by atoms with Crippen LogP contribution in [0.3, 0.4) is 0 Å². The number of rotatable bonds is 7. The summed E-state index contributed by atoms with van der Waals surface area (Å²) in [5, 5.41) is 10.00. The first-order valence-electron chi connectivity index (χ1n) is 9.14. The number of carbonyl (C=O) groups excluding carboxylic acids is 2. The van der Waals surface area contributed by atoms with Gasteiger partial charge in [-0.25, -0.2) is 4.98 Å². The Bertz CT molecular complexity index is 991. The lowest BCUT2D eigenvalue weighted by atomic mass is 10.0. The molecule has 1 aliphatic carbocycles. The molecule has 0 saturated heterocycles. The molecule has 11 nitrogen and oxygen atoms in total. The van der Waals surface area contributed by atoms with E-state index in [0.29, 0.717) is 0 Å². The number of aryl methyl sites for hydroxylation is 1. The van der Waals surface area contributed by atoms with Gasteiger partial charge in [0.1, 0.15) is 5.82 Å². The number of esters is 1. The molecule has 1 unspecified atom stereocenters. The molecule has 2 heterocycles. The van der Waals surface area contributed by atoms with E-state index in [-0.39, 0.29) is 35.2 Å². The molecule has 1 N–H and O–H groups in total. The number of amides is 1. The molecular weight excluding hydrogens is 382 g/mol. The van der Waals surface area contributed by atoms with Gasteiger partial charge in [0.05, 0.1) is 17.7 Å². The summed E-state index contributed by atoms with van der Waals surface area (Å²) in [6, 6.07) is 0. The highest BCUT2D eigenvalue weighted by Crippen LogP contribution is 2.30. The van der Waals surface area contributed by atoms with Crippen LogP contribution in [0.15, 0.2) is 15.4 Å². The first-order chi connectivity index (χ1) is 13.6. The van der Waals surface area contributed by atoms with Gasteiger partial charge in [-0.1, -0.05) is 0 Å². The lowest BCUT2D eigenvalue weighted by Crippen LogP contribution is -2.45. The molecule has 156 valence electrons. The first-order valence-corrected chi connectivity index (χ1v) is 9.14. The standard InChI is InChI=1S/C18H23N5O6/c1-9-21-22-14(27-9)13(24)20-18(3,4)17-19-8-12(15(25)23(17)5)28-10(2)29-16(26)11-6-7-11/h8,10-11H,6-7H2,1-5H3,(H,20,24). The maximum absolute atomic E-state index is 12.7. The highest BCUT2D eigenvalue weighted by atomic mass is 16.7. The van der Waals surface area contributed by atoms with Crippen molar-refractivity contribution in [2.24, 2.45) is 13.0 Å². The van der Waals surface area contributed by atoms with Gasteiger partial charge in [0, 0.05) is 20.9 Å². The van der Waals surface area contributed by atoms with Crippen LogP contribution in [0.25, 0.3) is 0 Å². The summed E-state index contributed by atoms with van der Waals surface area (Å²) in [4.78, 5) is 41.0. The average molecular weight is 405 g/mol.